The van der Waals surface area contributed by atoms with E-state index in [1.165, 1.54) is 6.92 Å². The van der Waals surface area contributed by atoms with Gasteiger partial charge in [-0.2, -0.15) is 0 Å². The lowest BCUT2D eigenvalue weighted by molar-refractivity contribution is -0.114. The van der Waals surface area contributed by atoms with Crippen molar-refractivity contribution in [3.8, 4) is 0 Å². The van der Waals surface area contributed by atoms with Crippen LogP contribution in [0.2, 0.25) is 0 Å². The topological polar surface area (TPSA) is 82.3 Å². The van der Waals surface area contributed by atoms with Crippen molar-refractivity contribution >= 4 is 75.3 Å². The third-order valence-corrected chi connectivity index (χ3v) is 4.47. The van der Waals surface area contributed by atoms with E-state index in [1.807, 2.05) is 13.0 Å². The Morgan fingerprint density at radius 2 is 1.59 bits per heavy atom. The van der Waals surface area contributed by atoms with Gasteiger partial charge in [-0.15, -0.1) is 0 Å². The molecule has 0 aliphatic heterocycles. The van der Waals surface area contributed by atoms with Gasteiger partial charge in [-0.1, -0.05) is 58.6 Å². The average Bonchev–Trinajstić information content (AvgIpc) is 2.60. The second-order valence-electron chi connectivity index (χ2n) is 6.18. The lowest BCUT2D eigenvalue weighted by atomic mass is 10.1. The Kier molecular flexibility index (Phi) is 8.10. The molecule has 0 spiro atoms. The molecule has 0 fully saturated rings. The quantitative estimate of drug-likeness (QED) is 0.295. The van der Waals surface area contributed by atoms with Crippen LogP contribution in [-0.2, 0) is 4.79 Å². The number of halogens is 3. The maximum Gasteiger partial charge on any atom is 0.252 e. The van der Waals surface area contributed by atoms with Gasteiger partial charge in [0, 0.05) is 23.9 Å². The van der Waals surface area contributed by atoms with Crippen LogP contribution in [0, 0.1) is 6.92 Å². The van der Waals surface area contributed by atoms with Crippen LogP contribution in [0.25, 0.3) is 0 Å². The summed E-state index contributed by atoms with van der Waals surface area (Å²) in [5.74, 6) is -0.619. The van der Waals surface area contributed by atoms with Gasteiger partial charge in [0.05, 0.1) is 0 Å². The minimum atomic E-state index is -1.87. The highest BCUT2D eigenvalue weighted by Gasteiger charge is 2.34. The van der Waals surface area contributed by atoms with E-state index >= 15 is 0 Å². The third-order valence-electron chi connectivity index (χ3n) is 3.60. The highest BCUT2D eigenvalue weighted by Crippen LogP contribution is 2.29. The molecule has 2 aromatic rings. The standard InChI is InChI=1S/C19H19Cl3N4O2S/c1-11-5-3-6-13(9-11)16(28)25-17(19(20,21)22)26-18(29)24-15-8-4-7-14(10-15)23-12(2)27/h3-10,17H,1-2H3,(H,23,27)(H,25,28)(H2,24,26,29). The summed E-state index contributed by atoms with van der Waals surface area (Å²) >= 11 is 23.3. The number of hydrogen-bond acceptors (Lipinski definition) is 3. The van der Waals surface area contributed by atoms with Gasteiger partial charge >= 0.3 is 0 Å². The first-order valence-corrected chi connectivity index (χ1v) is 9.98. The van der Waals surface area contributed by atoms with Gasteiger partial charge in [0.15, 0.2) is 5.11 Å². The zero-order valence-corrected chi connectivity index (χ0v) is 18.6. The van der Waals surface area contributed by atoms with Gasteiger partial charge in [0.1, 0.15) is 6.17 Å². The summed E-state index contributed by atoms with van der Waals surface area (Å²) in [7, 11) is 0. The molecular formula is C19H19Cl3N4O2S. The fourth-order valence-corrected chi connectivity index (χ4v) is 2.94. The summed E-state index contributed by atoms with van der Waals surface area (Å²) in [5, 5.41) is 11.1. The first kappa shape index (κ1) is 23.2. The number of aryl methyl sites for hydroxylation is 1. The van der Waals surface area contributed by atoms with Crippen LogP contribution >= 0.6 is 47.0 Å². The number of thiocarbonyl (C=S) groups is 1. The highest BCUT2D eigenvalue weighted by molar-refractivity contribution is 7.80. The largest absolute Gasteiger partial charge is 0.339 e. The number of amides is 2. The van der Waals surface area contributed by atoms with Crippen molar-refractivity contribution in [3.05, 3.63) is 59.7 Å². The van der Waals surface area contributed by atoms with Gasteiger partial charge in [-0.05, 0) is 49.5 Å². The van der Waals surface area contributed by atoms with Crippen molar-refractivity contribution in [1.29, 1.82) is 0 Å². The van der Waals surface area contributed by atoms with E-state index in [-0.39, 0.29) is 11.0 Å². The number of carbonyl (C=O) groups is 2. The van der Waals surface area contributed by atoms with Crippen LogP contribution in [0.15, 0.2) is 48.5 Å². The van der Waals surface area contributed by atoms with Gasteiger partial charge in [-0.25, -0.2) is 0 Å². The van der Waals surface area contributed by atoms with Crippen LogP contribution in [0.3, 0.4) is 0 Å². The Balaban J connectivity index is 2.07. The third kappa shape index (κ3) is 7.70. The molecule has 6 nitrogen and oxygen atoms in total. The number of nitrogens with one attached hydrogen (secondary N) is 4. The molecule has 0 saturated heterocycles. The molecule has 1 atom stereocenters. The second-order valence-corrected chi connectivity index (χ2v) is 8.96. The maximum atomic E-state index is 12.5. The zero-order valence-electron chi connectivity index (χ0n) is 15.6. The van der Waals surface area contributed by atoms with Crippen LogP contribution in [0.1, 0.15) is 22.8 Å². The first-order valence-electron chi connectivity index (χ1n) is 8.44. The second kappa shape index (κ2) is 10.1. The SMILES string of the molecule is CC(=O)Nc1cccc(NC(=S)NC(NC(=O)c2cccc(C)c2)C(Cl)(Cl)Cl)c1. The monoisotopic (exact) mass is 472 g/mol. The molecule has 2 aromatic carbocycles. The normalized spacial score (nSPS) is 11.9. The van der Waals surface area contributed by atoms with Gasteiger partial charge in [0.25, 0.3) is 5.91 Å². The summed E-state index contributed by atoms with van der Waals surface area (Å²) in [6.07, 6.45) is -1.10. The fraction of sp³-hybridized carbons (Fsp3) is 0.211. The average molecular weight is 474 g/mol. The van der Waals surface area contributed by atoms with Gasteiger partial charge in [0.2, 0.25) is 9.70 Å². The number of benzene rings is 2. The maximum absolute atomic E-state index is 12.5. The van der Waals surface area contributed by atoms with Gasteiger partial charge < -0.3 is 21.3 Å². The minimum Gasteiger partial charge on any atom is -0.339 e. The van der Waals surface area contributed by atoms with Crippen molar-refractivity contribution in [1.82, 2.24) is 10.6 Å². The van der Waals surface area contributed by atoms with Crippen molar-refractivity contribution in [2.24, 2.45) is 0 Å². The van der Waals surface area contributed by atoms with Crippen molar-refractivity contribution in [3.63, 3.8) is 0 Å². The number of hydrogen-bond donors (Lipinski definition) is 4. The summed E-state index contributed by atoms with van der Waals surface area (Å²) in [6, 6.07) is 13.9. The van der Waals surface area contributed by atoms with Crippen LogP contribution in [0.4, 0.5) is 11.4 Å². The molecule has 29 heavy (non-hydrogen) atoms. The molecule has 0 aliphatic rings. The van der Waals surface area contributed by atoms with Crippen LogP contribution in [-0.4, -0.2) is 26.9 Å². The first-order chi connectivity index (χ1) is 13.5. The highest BCUT2D eigenvalue weighted by atomic mass is 35.6. The van der Waals surface area contributed by atoms with E-state index < -0.39 is 15.9 Å². The molecule has 0 heterocycles. The predicted octanol–water partition coefficient (Wildman–Crippen LogP) is 4.37. The Labute approximate surface area is 189 Å². The molecular weight excluding hydrogens is 455 g/mol. The molecule has 0 bridgehead atoms. The summed E-state index contributed by atoms with van der Waals surface area (Å²) < 4.78 is -1.87. The van der Waals surface area contributed by atoms with E-state index in [4.69, 9.17) is 47.0 Å². The zero-order chi connectivity index (χ0) is 21.6. The number of rotatable bonds is 5. The molecule has 0 saturated carbocycles. The molecule has 0 radical (unpaired) electrons. The Bertz CT molecular complexity index is 918. The smallest absolute Gasteiger partial charge is 0.252 e. The molecule has 0 aromatic heterocycles. The number of carbonyl (C=O) groups excluding carboxylic acids is 2. The van der Waals surface area contributed by atoms with Crippen LogP contribution in [0.5, 0.6) is 0 Å². The molecule has 154 valence electrons. The molecule has 1 unspecified atom stereocenters. The fourth-order valence-electron chi connectivity index (χ4n) is 2.38. The summed E-state index contributed by atoms with van der Waals surface area (Å²) in [4.78, 5) is 23.7. The molecule has 10 heteroatoms. The van der Waals surface area contributed by atoms with Gasteiger partial charge in [-0.3, -0.25) is 9.59 Å². The Morgan fingerprint density at radius 1 is 0.966 bits per heavy atom. The molecule has 4 N–H and O–H groups in total. The number of alkyl halides is 3. The lowest BCUT2D eigenvalue weighted by Gasteiger charge is -2.28. The van der Waals surface area contributed by atoms with E-state index in [0.717, 1.165) is 5.56 Å². The molecule has 2 amide bonds. The summed E-state index contributed by atoms with van der Waals surface area (Å²) in [6.45, 7) is 3.28. The Morgan fingerprint density at radius 3 is 2.17 bits per heavy atom. The van der Waals surface area contributed by atoms with E-state index in [2.05, 4.69) is 21.3 Å². The lowest BCUT2D eigenvalue weighted by Crippen LogP contribution is -2.56. The van der Waals surface area contributed by atoms with Crippen molar-refractivity contribution in [2.75, 3.05) is 10.6 Å². The van der Waals surface area contributed by atoms with Crippen molar-refractivity contribution in [2.45, 2.75) is 23.8 Å². The summed E-state index contributed by atoms with van der Waals surface area (Å²) in [5.41, 5.74) is 2.54. The van der Waals surface area contributed by atoms with E-state index in [1.54, 1.807) is 42.5 Å². The van der Waals surface area contributed by atoms with E-state index in [9.17, 15) is 9.59 Å². The van der Waals surface area contributed by atoms with Crippen LogP contribution < -0.4 is 21.3 Å². The molecule has 2 rings (SSSR count). The number of anilines is 2. The Hall–Kier alpha value is -2.06. The molecule has 0 aliphatic carbocycles. The predicted molar refractivity (Wildman–Crippen MR) is 123 cm³/mol. The van der Waals surface area contributed by atoms with Crippen molar-refractivity contribution < 1.29 is 9.59 Å². The minimum absolute atomic E-state index is 0.117. The van der Waals surface area contributed by atoms with E-state index in [0.29, 0.717) is 16.9 Å².